The topological polar surface area (TPSA) is 35.5 Å². The number of hydrogen-bond acceptors (Lipinski definition) is 3. The van der Waals surface area contributed by atoms with Crippen molar-refractivity contribution >= 4 is 5.97 Å². The fourth-order valence-electron chi connectivity index (χ4n) is 1.63. The van der Waals surface area contributed by atoms with E-state index in [-0.39, 0.29) is 5.97 Å². The molecule has 0 radical (unpaired) electrons. The number of esters is 1. The fraction of sp³-hybridized carbons (Fsp3) is 0.727. The van der Waals surface area contributed by atoms with Gasteiger partial charge >= 0.3 is 5.97 Å². The first-order valence-corrected chi connectivity index (χ1v) is 5.13. The van der Waals surface area contributed by atoms with Crippen LogP contribution in [0.3, 0.4) is 0 Å². The van der Waals surface area contributed by atoms with Crippen LogP contribution in [0.2, 0.25) is 0 Å². The highest BCUT2D eigenvalue weighted by Crippen LogP contribution is 2.19. The third-order valence-electron chi connectivity index (χ3n) is 2.37. The van der Waals surface area contributed by atoms with Crippen LogP contribution in [-0.2, 0) is 14.3 Å². The Kier molecular flexibility index (Phi) is 4.66. The van der Waals surface area contributed by atoms with Gasteiger partial charge in [-0.25, -0.2) is 4.79 Å². The Morgan fingerprint density at radius 1 is 1.79 bits per heavy atom. The van der Waals surface area contributed by atoms with E-state index in [4.69, 9.17) is 9.47 Å². The lowest BCUT2D eigenvalue weighted by Gasteiger charge is -2.15. The summed E-state index contributed by atoms with van der Waals surface area (Å²) >= 11 is 0. The standard InChI is InChI=1S/C11H18O3/c1-3-11(12)14-8-9(2)7-10-5-4-6-13-10/h3,9-10H,1,4-8H2,2H3. The monoisotopic (exact) mass is 198 g/mol. The Labute approximate surface area is 85.1 Å². The molecule has 0 amide bonds. The average molecular weight is 198 g/mol. The molecule has 2 unspecified atom stereocenters. The second-order valence-electron chi connectivity index (χ2n) is 3.81. The highest BCUT2D eigenvalue weighted by atomic mass is 16.5. The predicted molar refractivity (Wildman–Crippen MR) is 53.9 cm³/mol. The van der Waals surface area contributed by atoms with Gasteiger partial charge in [-0.15, -0.1) is 0 Å². The number of hydrogen-bond donors (Lipinski definition) is 0. The molecule has 0 aromatic heterocycles. The van der Waals surface area contributed by atoms with Crippen LogP contribution in [0.15, 0.2) is 12.7 Å². The zero-order valence-corrected chi connectivity index (χ0v) is 8.70. The summed E-state index contributed by atoms with van der Waals surface area (Å²) in [5.41, 5.74) is 0. The molecule has 14 heavy (non-hydrogen) atoms. The normalized spacial score (nSPS) is 23.1. The molecule has 0 N–H and O–H groups in total. The summed E-state index contributed by atoms with van der Waals surface area (Å²) < 4.78 is 10.4. The smallest absolute Gasteiger partial charge is 0.330 e. The Morgan fingerprint density at radius 3 is 3.14 bits per heavy atom. The van der Waals surface area contributed by atoms with Gasteiger partial charge in [0, 0.05) is 12.7 Å². The molecule has 0 saturated carbocycles. The number of carbonyl (C=O) groups is 1. The molecule has 0 spiro atoms. The van der Waals surface area contributed by atoms with E-state index in [2.05, 4.69) is 13.5 Å². The summed E-state index contributed by atoms with van der Waals surface area (Å²) in [5.74, 6) is 0.0196. The van der Waals surface area contributed by atoms with Crippen molar-refractivity contribution in [3.05, 3.63) is 12.7 Å². The lowest BCUT2D eigenvalue weighted by molar-refractivity contribution is -0.139. The van der Waals surface area contributed by atoms with Crippen molar-refractivity contribution in [2.24, 2.45) is 5.92 Å². The summed E-state index contributed by atoms with van der Waals surface area (Å²) in [6, 6.07) is 0. The second-order valence-corrected chi connectivity index (χ2v) is 3.81. The molecule has 1 fully saturated rings. The first-order chi connectivity index (χ1) is 6.72. The molecule has 1 saturated heterocycles. The van der Waals surface area contributed by atoms with Crippen LogP contribution in [0.5, 0.6) is 0 Å². The lowest BCUT2D eigenvalue weighted by atomic mass is 10.0. The van der Waals surface area contributed by atoms with Crippen LogP contribution in [0, 0.1) is 5.92 Å². The van der Waals surface area contributed by atoms with Gasteiger partial charge in [0.25, 0.3) is 0 Å². The summed E-state index contributed by atoms with van der Waals surface area (Å²) in [6.07, 6.45) is 4.83. The zero-order valence-electron chi connectivity index (χ0n) is 8.70. The molecule has 1 aliphatic rings. The molecule has 1 rings (SSSR count). The highest BCUT2D eigenvalue weighted by Gasteiger charge is 2.18. The summed E-state index contributed by atoms with van der Waals surface area (Å²) in [7, 11) is 0. The van der Waals surface area contributed by atoms with Gasteiger partial charge < -0.3 is 9.47 Å². The van der Waals surface area contributed by atoms with Gasteiger partial charge in [-0.05, 0) is 25.2 Å². The third kappa shape index (κ3) is 3.92. The van der Waals surface area contributed by atoms with E-state index in [1.54, 1.807) is 0 Å². The molecule has 3 heteroatoms. The van der Waals surface area contributed by atoms with Crippen molar-refractivity contribution in [2.45, 2.75) is 32.3 Å². The maximum absolute atomic E-state index is 10.8. The SMILES string of the molecule is C=CC(=O)OCC(C)CC1CCCO1. The number of rotatable bonds is 5. The minimum absolute atomic E-state index is 0.343. The van der Waals surface area contributed by atoms with Crippen molar-refractivity contribution in [1.82, 2.24) is 0 Å². The lowest BCUT2D eigenvalue weighted by Crippen LogP contribution is -2.16. The molecule has 3 nitrogen and oxygen atoms in total. The van der Waals surface area contributed by atoms with E-state index in [1.807, 2.05) is 0 Å². The van der Waals surface area contributed by atoms with Crippen LogP contribution >= 0.6 is 0 Å². The van der Waals surface area contributed by atoms with Gasteiger partial charge in [-0.1, -0.05) is 13.5 Å². The van der Waals surface area contributed by atoms with Crippen molar-refractivity contribution in [1.29, 1.82) is 0 Å². The fourth-order valence-corrected chi connectivity index (χ4v) is 1.63. The van der Waals surface area contributed by atoms with Crippen molar-refractivity contribution in [3.8, 4) is 0 Å². The first kappa shape index (κ1) is 11.2. The molecule has 2 atom stereocenters. The Balaban J connectivity index is 2.11. The van der Waals surface area contributed by atoms with E-state index in [0.717, 1.165) is 25.9 Å². The summed E-state index contributed by atoms with van der Waals surface area (Å²) in [4.78, 5) is 10.8. The quantitative estimate of drug-likeness (QED) is 0.500. The Morgan fingerprint density at radius 2 is 2.57 bits per heavy atom. The Bertz CT molecular complexity index is 195. The maximum Gasteiger partial charge on any atom is 0.330 e. The number of carbonyl (C=O) groups excluding carboxylic acids is 1. The van der Waals surface area contributed by atoms with Crippen LogP contribution in [-0.4, -0.2) is 25.3 Å². The van der Waals surface area contributed by atoms with Crippen molar-refractivity contribution in [3.63, 3.8) is 0 Å². The van der Waals surface area contributed by atoms with Gasteiger partial charge in [0.2, 0.25) is 0 Å². The van der Waals surface area contributed by atoms with E-state index < -0.39 is 0 Å². The molecule has 0 aromatic carbocycles. The van der Waals surface area contributed by atoms with Crippen LogP contribution in [0.25, 0.3) is 0 Å². The minimum Gasteiger partial charge on any atom is -0.462 e. The van der Waals surface area contributed by atoms with E-state index in [9.17, 15) is 4.79 Å². The molecular formula is C11H18O3. The van der Waals surface area contributed by atoms with E-state index >= 15 is 0 Å². The summed E-state index contributed by atoms with van der Waals surface area (Å²) in [6.45, 7) is 6.75. The van der Waals surface area contributed by atoms with Crippen molar-refractivity contribution in [2.75, 3.05) is 13.2 Å². The number of ether oxygens (including phenoxy) is 2. The first-order valence-electron chi connectivity index (χ1n) is 5.13. The van der Waals surface area contributed by atoms with Gasteiger partial charge in [0.15, 0.2) is 0 Å². The van der Waals surface area contributed by atoms with E-state index in [0.29, 0.717) is 18.6 Å². The maximum atomic E-state index is 10.8. The average Bonchev–Trinajstić information content (AvgIpc) is 2.66. The predicted octanol–water partition coefficient (Wildman–Crippen LogP) is 1.92. The molecule has 80 valence electrons. The molecular weight excluding hydrogens is 180 g/mol. The van der Waals surface area contributed by atoms with Gasteiger partial charge in [0.05, 0.1) is 12.7 Å². The van der Waals surface area contributed by atoms with Crippen LogP contribution in [0.4, 0.5) is 0 Å². The second kappa shape index (κ2) is 5.81. The zero-order chi connectivity index (χ0) is 10.4. The van der Waals surface area contributed by atoms with Crippen molar-refractivity contribution < 1.29 is 14.3 Å². The summed E-state index contributed by atoms with van der Waals surface area (Å²) in [5, 5.41) is 0. The largest absolute Gasteiger partial charge is 0.462 e. The van der Waals surface area contributed by atoms with Crippen LogP contribution < -0.4 is 0 Å². The van der Waals surface area contributed by atoms with Crippen LogP contribution in [0.1, 0.15) is 26.2 Å². The van der Waals surface area contributed by atoms with Gasteiger partial charge in [0.1, 0.15) is 0 Å². The van der Waals surface area contributed by atoms with Gasteiger partial charge in [-0.3, -0.25) is 0 Å². The molecule has 0 aromatic rings. The highest BCUT2D eigenvalue weighted by molar-refractivity contribution is 5.81. The minimum atomic E-state index is -0.343. The molecule has 1 aliphatic heterocycles. The van der Waals surface area contributed by atoms with E-state index in [1.165, 1.54) is 6.08 Å². The molecule has 0 aliphatic carbocycles. The Hall–Kier alpha value is -0.830. The molecule has 0 bridgehead atoms. The third-order valence-corrected chi connectivity index (χ3v) is 2.37. The molecule has 1 heterocycles. The van der Waals surface area contributed by atoms with Gasteiger partial charge in [-0.2, -0.15) is 0 Å².